The molecule has 0 fully saturated rings. The van der Waals surface area contributed by atoms with Gasteiger partial charge in [0.25, 0.3) is 0 Å². The number of aromatic nitrogens is 3. The van der Waals surface area contributed by atoms with Crippen molar-refractivity contribution < 1.29 is 14.3 Å². The van der Waals surface area contributed by atoms with Crippen LogP contribution >= 0.6 is 0 Å². The van der Waals surface area contributed by atoms with Crippen molar-refractivity contribution in [2.24, 2.45) is 0 Å². The van der Waals surface area contributed by atoms with Gasteiger partial charge in [0.05, 0.1) is 18.8 Å². The first-order valence-corrected chi connectivity index (χ1v) is 7.31. The number of carbonyl (C=O) groups excluding carboxylic acids is 2. The zero-order valence-corrected chi connectivity index (χ0v) is 13.9. The number of benzene rings is 1. The minimum Gasteiger partial charge on any atom is -0.495 e. The molecule has 4 N–H and O–H groups in total. The second-order valence-electron chi connectivity index (χ2n) is 5.20. The first-order valence-electron chi connectivity index (χ1n) is 7.31. The van der Waals surface area contributed by atoms with Crippen molar-refractivity contribution >= 4 is 23.3 Å². The highest BCUT2D eigenvalue weighted by molar-refractivity contribution is 5.94. The molecule has 0 bridgehead atoms. The summed E-state index contributed by atoms with van der Waals surface area (Å²) in [4.78, 5) is 27.5. The summed E-state index contributed by atoms with van der Waals surface area (Å²) in [7, 11) is 1.50. The van der Waals surface area contributed by atoms with Crippen molar-refractivity contribution in [1.82, 2.24) is 20.5 Å². The SMILES string of the molecule is COc1ccc(NC(C)=O)cc1NC(=O)N[C@H](C)c1n[nH]c(C)n1. The molecule has 0 unspecified atom stereocenters. The van der Waals surface area contributed by atoms with Crippen LogP contribution in [0.5, 0.6) is 5.75 Å². The highest BCUT2D eigenvalue weighted by Gasteiger charge is 2.15. The maximum absolute atomic E-state index is 12.2. The summed E-state index contributed by atoms with van der Waals surface area (Å²) in [5.41, 5.74) is 0.982. The van der Waals surface area contributed by atoms with E-state index in [1.165, 1.54) is 14.0 Å². The first kappa shape index (κ1) is 17.3. The molecule has 9 heteroatoms. The van der Waals surface area contributed by atoms with Crippen LogP contribution in [0.15, 0.2) is 18.2 Å². The van der Waals surface area contributed by atoms with Gasteiger partial charge in [-0.3, -0.25) is 9.89 Å². The Labute approximate surface area is 139 Å². The normalized spacial score (nSPS) is 11.5. The fourth-order valence-corrected chi connectivity index (χ4v) is 2.06. The van der Waals surface area contributed by atoms with E-state index in [9.17, 15) is 9.59 Å². The van der Waals surface area contributed by atoms with Crippen LogP contribution < -0.4 is 20.7 Å². The molecule has 0 aliphatic rings. The third-order valence-corrected chi connectivity index (χ3v) is 3.12. The second-order valence-corrected chi connectivity index (χ2v) is 5.20. The van der Waals surface area contributed by atoms with Gasteiger partial charge >= 0.3 is 6.03 Å². The molecule has 1 atom stereocenters. The number of carbonyl (C=O) groups is 2. The van der Waals surface area contributed by atoms with Crippen molar-refractivity contribution in [2.75, 3.05) is 17.7 Å². The quantitative estimate of drug-likeness (QED) is 0.667. The second kappa shape index (κ2) is 7.44. The van der Waals surface area contributed by atoms with Crippen molar-refractivity contribution in [1.29, 1.82) is 0 Å². The monoisotopic (exact) mass is 332 g/mol. The highest BCUT2D eigenvalue weighted by Crippen LogP contribution is 2.27. The van der Waals surface area contributed by atoms with Gasteiger partial charge in [-0.05, 0) is 32.0 Å². The Morgan fingerprint density at radius 3 is 2.62 bits per heavy atom. The fourth-order valence-electron chi connectivity index (χ4n) is 2.06. The van der Waals surface area contributed by atoms with Gasteiger partial charge in [0, 0.05) is 12.6 Å². The summed E-state index contributed by atoms with van der Waals surface area (Å²) < 4.78 is 5.21. The number of ether oxygens (including phenoxy) is 1. The van der Waals surface area contributed by atoms with E-state index >= 15 is 0 Å². The van der Waals surface area contributed by atoms with Gasteiger partial charge in [-0.1, -0.05) is 0 Å². The Hall–Kier alpha value is -3.10. The number of rotatable bonds is 5. The Kier molecular flexibility index (Phi) is 5.35. The Morgan fingerprint density at radius 2 is 2.04 bits per heavy atom. The number of hydrogen-bond donors (Lipinski definition) is 4. The van der Waals surface area contributed by atoms with E-state index in [1.807, 2.05) is 0 Å². The maximum atomic E-state index is 12.2. The van der Waals surface area contributed by atoms with Crippen molar-refractivity contribution in [3.63, 3.8) is 0 Å². The number of aromatic amines is 1. The number of aryl methyl sites for hydroxylation is 1. The predicted molar refractivity (Wildman–Crippen MR) is 89.0 cm³/mol. The summed E-state index contributed by atoms with van der Waals surface area (Å²) in [6, 6.07) is 4.13. The van der Waals surface area contributed by atoms with Crippen LogP contribution in [0.4, 0.5) is 16.2 Å². The lowest BCUT2D eigenvalue weighted by molar-refractivity contribution is -0.114. The van der Waals surface area contributed by atoms with Gasteiger partial charge in [-0.25, -0.2) is 9.78 Å². The minimum absolute atomic E-state index is 0.204. The number of nitrogens with one attached hydrogen (secondary N) is 4. The standard InChI is InChI=1S/C15H20N6O3/c1-8(14-17-9(2)20-21-14)16-15(23)19-12-7-11(18-10(3)22)5-6-13(12)24-4/h5-8H,1-4H3,(H,18,22)(H2,16,19,23)(H,17,20,21)/t8-/m1/s1. The van der Waals surface area contributed by atoms with Crippen LogP contribution in [0.3, 0.4) is 0 Å². The number of amides is 3. The molecule has 1 aromatic carbocycles. The summed E-state index contributed by atoms with van der Waals surface area (Å²) in [5.74, 6) is 1.43. The molecule has 1 aromatic heterocycles. The van der Waals surface area contributed by atoms with Crippen LogP contribution in [0.2, 0.25) is 0 Å². The lowest BCUT2D eigenvalue weighted by Crippen LogP contribution is -2.31. The number of nitrogens with zero attached hydrogens (tertiary/aromatic N) is 2. The number of urea groups is 1. The molecule has 0 radical (unpaired) electrons. The lowest BCUT2D eigenvalue weighted by Gasteiger charge is -2.15. The molecule has 3 amide bonds. The number of H-pyrrole nitrogens is 1. The number of methoxy groups -OCH3 is 1. The molecule has 0 saturated heterocycles. The molecular formula is C15H20N6O3. The summed E-state index contributed by atoms with van der Waals surface area (Å²) >= 11 is 0. The van der Waals surface area contributed by atoms with E-state index in [4.69, 9.17) is 4.74 Å². The molecule has 0 saturated carbocycles. The molecule has 9 nitrogen and oxygen atoms in total. The summed E-state index contributed by atoms with van der Waals surface area (Å²) in [6.45, 7) is 4.96. The Bertz CT molecular complexity index is 743. The highest BCUT2D eigenvalue weighted by atomic mass is 16.5. The molecule has 0 aliphatic carbocycles. The Morgan fingerprint density at radius 1 is 1.29 bits per heavy atom. The average Bonchev–Trinajstić information content (AvgIpc) is 2.93. The van der Waals surface area contributed by atoms with E-state index in [2.05, 4.69) is 31.1 Å². The van der Waals surface area contributed by atoms with Crippen LogP contribution in [0, 0.1) is 6.92 Å². The van der Waals surface area contributed by atoms with Gasteiger partial charge in [0.2, 0.25) is 5.91 Å². The van der Waals surface area contributed by atoms with Gasteiger partial charge in [-0.15, -0.1) is 0 Å². The molecule has 0 spiro atoms. The third-order valence-electron chi connectivity index (χ3n) is 3.12. The van der Waals surface area contributed by atoms with E-state index < -0.39 is 6.03 Å². The van der Waals surface area contributed by atoms with Gasteiger partial charge < -0.3 is 20.7 Å². The maximum Gasteiger partial charge on any atom is 0.319 e. The molecule has 2 aromatic rings. The number of anilines is 2. The van der Waals surface area contributed by atoms with Gasteiger partial charge in [0.15, 0.2) is 5.82 Å². The number of hydrogen-bond acceptors (Lipinski definition) is 5. The largest absolute Gasteiger partial charge is 0.495 e. The van der Waals surface area contributed by atoms with Gasteiger partial charge in [-0.2, -0.15) is 5.10 Å². The van der Waals surface area contributed by atoms with E-state index in [-0.39, 0.29) is 11.9 Å². The van der Waals surface area contributed by atoms with Crippen molar-refractivity contribution in [3.8, 4) is 5.75 Å². The smallest absolute Gasteiger partial charge is 0.319 e. The molecule has 0 aliphatic heterocycles. The zero-order valence-electron chi connectivity index (χ0n) is 13.9. The van der Waals surface area contributed by atoms with Crippen molar-refractivity contribution in [3.05, 3.63) is 29.8 Å². The third kappa shape index (κ3) is 4.45. The van der Waals surface area contributed by atoms with Crippen LogP contribution in [-0.2, 0) is 4.79 Å². The summed E-state index contributed by atoms with van der Waals surface area (Å²) in [5, 5.41) is 14.8. The molecule has 2 rings (SSSR count). The van der Waals surface area contributed by atoms with Gasteiger partial charge in [0.1, 0.15) is 11.6 Å². The predicted octanol–water partition coefficient (Wildman–Crippen LogP) is 1.96. The first-order chi connectivity index (χ1) is 11.4. The minimum atomic E-state index is -0.441. The molecule has 1 heterocycles. The van der Waals surface area contributed by atoms with Crippen LogP contribution in [-0.4, -0.2) is 34.2 Å². The fraction of sp³-hybridized carbons (Fsp3) is 0.333. The Balaban J connectivity index is 2.08. The van der Waals surface area contributed by atoms with E-state index in [1.54, 1.807) is 32.0 Å². The van der Waals surface area contributed by atoms with Crippen molar-refractivity contribution in [2.45, 2.75) is 26.8 Å². The van der Waals surface area contributed by atoms with E-state index in [0.29, 0.717) is 28.8 Å². The van der Waals surface area contributed by atoms with Crippen LogP contribution in [0.25, 0.3) is 0 Å². The average molecular weight is 332 g/mol. The topological polar surface area (TPSA) is 121 Å². The van der Waals surface area contributed by atoms with Crippen LogP contribution in [0.1, 0.15) is 31.5 Å². The molecule has 24 heavy (non-hydrogen) atoms. The lowest BCUT2D eigenvalue weighted by atomic mass is 10.2. The zero-order chi connectivity index (χ0) is 17.7. The van der Waals surface area contributed by atoms with E-state index in [0.717, 1.165) is 0 Å². The summed E-state index contributed by atoms with van der Waals surface area (Å²) in [6.07, 6.45) is 0. The molecular weight excluding hydrogens is 312 g/mol. The molecule has 128 valence electrons.